The Morgan fingerprint density at radius 1 is 1.05 bits per heavy atom. The van der Waals surface area contributed by atoms with Crippen molar-refractivity contribution in [1.29, 1.82) is 0 Å². The second kappa shape index (κ2) is 8.26. The fourth-order valence-corrected chi connectivity index (χ4v) is 3.41. The Bertz CT molecular complexity index is 229. The van der Waals surface area contributed by atoms with Gasteiger partial charge in [0.1, 0.15) is 0 Å². The van der Waals surface area contributed by atoms with Crippen LogP contribution < -0.4 is 10.6 Å². The summed E-state index contributed by atoms with van der Waals surface area (Å²) >= 11 is 0. The predicted molar refractivity (Wildman–Crippen MR) is 85.5 cm³/mol. The van der Waals surface area contributed by atoms with Gasteiger partial charge in [-0.3, -0.25) is 0 Å². The van der Waals surface area contributed by atoms with E-state index in [1.54, 1.807) is 0 Å². The molecule has 1 aliphatic rings. The van der Waals surface area contributed by atoms with Crippen molar-refractivity contribution in [3.05, 3.63) is 0 Å². The fraction of sp³-hybridized carbons (Fsp3) is 1.00. The van der Waals surface area contributed by atoms with E-state index in [0.29, 0.717) is 5.41 Å². The molecule has 0 heterocycles. The Balaban J connectivity index is 2.32. The van der Waals surface area contributed by atoms with E-state index >= 15 is 0 Å². The topological polar surface area (TPSA) is 24.1 Å². The molecular formula is C17H36N2. The highest BCUT2D eigenvalue weighted by atomic mass is 14.9. The minimum Gasteiger partial charge on any atom is -0.319 e. The fourth-order valence-electron chi connectivity index (χ4n) is 3.41. The lowest BCUT2D eigenvalue weighted by Gasteiger charge is -2.38. The van der Waals surface area contributed by atoms with Gasteiger partial charge in [0.15, 0.2) is 0 Å². The van der Waals surface area contributed by atoms with Crippen molar-refractivity contribution in [1.82, 2.24) is 10.6 Å². The zero-order chi connectivity index (χ0) is 14.3. The summed E-state index contributed by atoms with van der Waals surface area (Å²) in [6.45, 7) is 13.0. The maximum absolute atomic E-state index is 3.75. The monoisotopic (exact) mass is 268 g/mol. The highest BCUT2D eigenvalue weighted by Crippen LogP contribution is 2.37. The molecule has 1 unspecified atom stereocenters. The van der Waals surface area contributed by atoms with Crippen molar-refractivity contribution in [2.24, 2.45) is 23.2 Å². The lowest BCUT2D eigenvalue weighted by atomic mass is 9.71. The van der Waals surface area contributed by atoms with Crippen LogP contribution in [0.4, 0.5) is 0 Å². The van der Waals surface area contributed by atoms with E-state index in [4.69, 9.17) is 0 Å². The highest BCUT2D eigenvalue weighted by molar-refractivity contribution is 4.83. The summed E-state index contributed by atoms with van der Waals surface area (Å²) in [6, 6.07) is 0. The summed E-state index contributed by atoms with van der Waals surface area (Å²) in [5.41, 5.74) is 0.460. The number of hydrogen-bond acceptors (Lipinski definition) is 2. The summed E-state index contributed by atoms with van der Waals surface area (Å²) in [4.78, 5) is 0. The minimum absolute atomic E-state index is 0.460. The van der Waals surface area contributed by atoms with Crippen LogP contribution in [0.25, 0.3) is 0 Å². The van der Waals surface area contributed by atoms with E-state index in [1.165, 1.54) is 38.6 Å². The molecule has 0 aromatic heterocycles. The van der Waals surface area contributed by atoms with Gasteiger partial charge in [0.05, 0.1) is 0 Å². The van der Waals surface area contributed by atoms with Crippen LogP contribution in [0.3, 0.4) is 0 Å². The third kappa shape index (κ3) is 5.83. The van der Waals surface area contributed by atoms with Crippen LogP contribution in [0.2, 0.25) is 0 Å². The Labute approximate surface area is 121 Å². The van der Waals surface area contributed by atoms with Gasteiger partial charge in [0.2, 0.25) is 0 Å². The van der Waals surface area contributed by atoms with Gasteiger partial charge in [0.25, 0.3) is 0 Å². The van der Waals surface area contributed by atoms with Gasteiger partial charge in [-0.15, -0.1) is 0 Å². The largest absolute Gasteiger partial charge is 0.319 e. The summed E-state index contributed by atoms with van der Waals surface area (Å²) in [6.07, 6.45) is 7.24. The minimum atomic E-state index is 0.460. The molecule has 1 rings (SSSR count). The van der Waals surface area contributed by atoms with Crippen LogP contribution in [0.5, 0.6) is 0 Å². The lowest BCUT2D eigenvalue weighted by molar-refractivity contribution is 0.150. The van der Waals surface area contributed by atoms with E-state index in [-0.39, 0.29) is 0 Å². The number of hydrogen-bond donors (Lipinski definition) is 2. The first-order chi connectivity index (χ1) is 8.97. The third-order valence-electron chi connectivity index (χ3n) is 5.11. The quantitative estimate of drug-likeness (QED) is 0.702. The summed E-state index contributed by atoms with van der Waals surface area (Å²) in [5.74, 6) is 2.42. The lowest BCUT2D eigenvalue weighted by Crippen LogP contribution is -2.40. The van der Waals surface area contributed by atoms with E-state index in [2.05, 4.69) is 45.4 Å². The molecule has 1 saturated carbocycles. The smallest absolute Gasteiger partial charge is 0.000530 e. The van der Waals surface area contributed by atoms with Crippen molar-refractivity contribution in [3.8, 4) is 0 Å². The van der Waals surface area contributed by atoms with Gasteiger partial charge in [-0.2, -0.15) is 0 Å². The van der Waals surface area contributed by atoms with Crippen molar-refractivity contribution in [3.63, 3.8) is 0 Å². The number of nitrogens with one attached hydrogen (secondary N) is 2. The molecule has 1 fully saturated rings. The molecule has 0 bridgehead atoms. The molecule has 0 amide bonds. The Kier molecular flexibility index (Phi) is 7.38. The number of rotatable bonds is 8. The highest BCUT2D eigenvalue weighted by Gasteiger charge is 2.30. The van der Waals surface area contributed by atoms with Gasteiger partial charge in [-0.05, 0) is 56.1 Å². The second-order valence-electron chi connectivity index (χ2n) is 7.52. The van der Waals surface area contributed by atoms with Crippen LogP contribution in [-0.2, 0) is 0 Å². The Morgan fingerprint density at radius 3 is 2.21 bits per heavy atom. The average molecular weight is 268 g/mol. The van der Waals surface area contributed by atoms with E-state index in [9.17, 15) is 0 Å². The predicted octanol–water partition coefficient (Wildman–Crippen LogP) is 3.67. The van der Waals surface area contributed by atoms with Gasteiger partial charge >= 0.3 is 0 Å². The molecule has 2 nitrogen and oxygen atoms in total. The molecule has 0 aromatic rings. The second-order valence-corrected chi connectivity index (χ2v) is 7.52. The van der Waals surface area contributed by atoms with E-state index in [0.717, 1.165) is 30.8 Å². The molecule has 1 atom stereocenters. The average Bonchev–Trinajstić information content (AvgIpc) is 2.38. The third-order valence-corrected chi connectivity index (χ3v) is 5.11. The summed E-state index contributed by atoms with van der Waals surface area (Å²) in [5, 5.41) is 7.07. The Hall–Kier alpha value is -0.0800. The van der Waals surface area contributed by atoms with Crippen LogP contribution in [0, 0.1) is 23.2 Å². The maximum Gasteiger partial charge on any atom is 0.000530 e. The zero-order valence-electron chi connectivity index (χ0n) is 13.9. The van der Waals surface area contributed by atoms with Gasteiger partial charge in [-0.25, -0.2) is 0 Å². The molecule has 2 heteroatoms. The van der Waals surface area contributed by atoms with Crippen molar-refractivity contribution in [2.75, 3.05) is 26.7 Å². The van der Waals surface area contributed by atoms with Crippen molar-refractivity contribution in [2.45, 2.75) is 59.8 Å². The van der Waals surface area contributed by atoms with Crippen LogP contribution >= 0.6 is 0 Å². The summed E-state index contributed by atoms with van der Waals surface area (Å²) in [7, 11) is 2.06. The molecule has 0 radical (unpaired) electrons. The first-order valence-corrected chi connectivity index (χ1v) is 8.32. The van der Waals surface area contributed by atoms with Crippen molar-refractivity contribution < 1.29 is 0 Å². The molecule has 2 N–H and O–H groups in total. The molecule has 114 valence electrons. The van der Waals surface area contributed by atoms with Crippen LogP contribution in [0.15, 0.2) is 0 Å². The van der Waals surface area contributed by atoms with Crippen LogP contribution in [0.1, 0.15) is 59.8 Å². The molecular weight excluding hydrogens is 232 g/mol. The Morgan fingerprint density at radius 2 is 1.68 bits per heavy atom. The SMILES string of the molecule is CNCC(CNCC(C)(C)C1CCCCC1)C(C)C. The molecule has 19 heavy (non-hydrogen) atoms. The molecule has 1 aliphatic carbocycles. The standard InChI is InChI=1S/C17H36N2/c1-14(2)15(11-18-5)12-19-13-17(3,4)16-9-7-6-8-10-16/h14-16,18-19H,6-13H2,1-5H3. The zero-order valence-corrected chi connectivity index (χ0v) is 13.9. The van der Waals surface area contributed by atoms with Gasteiger partial charge in [-0.1, -0.05) is 47.0 Å². The van der Waals surface area contributed by atoms with Gasteiger partial charge in [0, 0.05) is 6.54 Å². The first kappa shape index (κ1) is 17.0. The molecule has 0 saturated heterocycles. The van der Waals surface area contributed by atoms with E-state index in [1.807, 2.05) is 0 Å². The van der Waals surface area contributed by atoms with E-state index < -0.39 is 0 Å². The summed E-state index contributed by atoms with van der Waals surface area (Å²) < 4.78 is 0. The molecule has 0 aromatic carbocycles. The normalized spacial score (nSPS) is 19.9. The maximum atomic E-state index is 3.75. The van der Waals surface area contributed by atoms with Crippen molar-refractivity contribution >= 4 is 0 Å². The molecule has 0 spiro atoms. The van der Waals surface area contributed by atoms with Crippen LogP contribution in [-0.4, -0.2) is 26.7 Å². The molecule has 0 aliphatic heterocycles. The van der Waals surface area contributed by atoms with Gasteiger partial charge < -0.3 is 10.6 Å². The first-order valence-electron chi connectivity index (χ1n) is 8.32.